The standard InChI is InChI=1S/C9H11BrN2O2/c10-7-4-11-8(12-9(7)13)6-2-1-3-14-5-6/h4,6H,1-3,5H2,(H,11,12,13). The Hall–Kier alpha value is -0.680. The van der Waals surface area contributed by atoms with Crippen LogP contribution in [0.15, 0.2) is 15.5 Å². The Kier molecular flexibility index (Phi) is 2.98. The topological polar surface area (TPSA) is 55.0 Å². The molecule has 0 saturated carbocycles. The Morgan fingerprint density at radius 3 is 3.14 bits per heavy atom. The van der Waals surface area contributed by atoms with Crippen LogP contribution in [0.1, 0.15) is 24.6 Å². The van der Waals surface area contributed by atoms with Gasteiger partial charge in [-0.1, -0.05) is 0 Å². The number of H-pyrrole nitrogens is 1. The van der Waals surface area contributed by atoms with Gasteiger partial charge in [0.15, 0.2) is 0 Å². The molecule has 0 amide bonds. The van der Waals surface area contributed by atoms with Crippen molar-refractivity contribution in [1.82, 2.24) is 9.97 Å². The normalized spacial score (nSPS) is 22.2. The molecule has 14 heavy (non-hydrogen) atoms. The second-order valence-electron chi connectivity index (χ2n) is 3.36. The van der Waals surface area contributed by atoms with Crippen molar-refractivity contribution in [1.29, 1.82) is 0 Å². The third kappa shape index (κ3) is 2.04. The molecule has 0 radical (unpaired) electrons. The van der Waals surface area contributed by atoms with Gasteiger partial charge in [-0.3, -0.25) is 4.79 Å². The average molecular weight is 259 g/mol. The van der Waals surface area contributed by atoms with Gasteiger partial charge in [0, 0.05) is 18.7 Å². The number of aromatic nitrogens is 2. The zero-order valence-electron chi connectivity index (χ0n) is 7.62. The number of halogens is 1. The van der Waals surface area contributed by atoms with Crippen LogP contribution in [0.2, 0.25) is 0 Å². The highest BCUT2D eigenvalue weighted by atomic mass is 79.9. The fraction of sp³-hybridized carbons (Fsp3) is 0.556. The lowest BCUT2D eigenvalue weighted by Gasteiger charge is -2.20. The van der Waals surface area contributed by atoms with Crippen molar-refractivity contribution in [2.45, 2.75) is 18.8 Å². The van der Waals surface area contributed by atoms with Gasteiger partial charge in [0.1, 0.15) is 10.3 Å². The summed E-state index contributed by atoms with van der Waals surface area (Å²) in [7, 11) is 0. The number of hydrogen-bond acceptors (Lipinski definition) is 3. The van der Waals surface area contributed by atoms with Crippen molar-refractivity contribution < 1.29 is 4.74 Å². The van der Waals surface area contributed by atoms with E-state index in [1.54, 1.807) is 6.20 Å². The van der Waals surface area contributed by atoms with E-state index in [1.807, 2.05) is 0 Å². The second-order valence-corrected chi connectivity index (χ2v) is 4.21. The van der Waals surface area contributed by atoms with Crippen LogP contribution in [0, 0.1) is 0 Å². The smallest absolute Gasteiger partial charge is 0.265 e. The molecule has 0 aromatic carbocycles. The number of nitrogens with one attached hydrogen (secondary N) is 1. The second kappa shape index (κ2) is 4.23. The van der Waals surface area contributed by atoms with Gasteiger partial charge in [-0.25, -0.2) is 4.98 Å². The molecule has 76 valence electrons. The van der Waals surface area contributed by atoms with Crippen LogP contribution in [-0.2, 0) is 4.74 Å². The molecule has 5 heteroatoms. The summed E-state index contributed by atoms with van der Waals surface area (Å²) in [6.45, 7) is 1.47. The van der Waals surface area contributed by atoms with Gasteiger partial charge in [0.05, 0.1) is 6.61 Å². The van der Waals surface area contributed by atoms with Crippen molar-refractivity contribution in [3.8, 4) is 0 Å². The maximum absolute atomic E-state index is 11.3. The third-order valence-electron chi connectivity index (χ3n) is 2.32. The Labute approximate surface area is 89.8 Å². The summed E-state index contributed by atoms with van der Waals surface area (Å²) in [6, 6.07) is 0. The van der Waals surface area contributed by atoms with Gasteiger partial charge in [-0.2, -0.15) is 0 Å². The molecule has 2 heterocycles. The SMILES string of the molecule is O=c1[nH]c(C2CCCOC2)ncc1Br. The third-order valence-corrected chi connectivity index (χ3v) is 2.89. The predicted molar refractivity (Wildman–Crippen MR) is 55.4 cm³/mol. The maximum Gasteiger partial charge on any atom is 0.265 e. The highest BCUT2D eigenvalue weighted by Gasteiger charge is 2.18. The van der Waals surface area contributed by atoms with Gasteiger partial charge >= 0.3 is 0 Å². The minimum atomic E-state index is -0.124. The molecule has 0 aliphatic carbocycles. The molecule has 1 aromatic heterocycles. The molecule has 1 N–H and O–H groups in total. The summed E-state index contributed by atoms with van der Waals surface area (Å²) < 4.78 is 5.80. The summed E-state index contributed by atoms with van der Waals surface area (Å²) >= 11 is 3.12. The molecule has 4 nitrogen and oxygen atoms in total. The molecule has 1 unspecified atom stereocenters. The van der Waals surface area contributed by atoms with Crippen LogP contribution in [0.4, 0.5) is 0 Å². The van der Waals surface area contributed by atoms with Crippen molar-refractivity contribution in [2.24, 2.45) is 0 Å². The maximum atomic E-state index is 11.3. The molecule has 1 saturated heterocycles. The van der Waals surface area contributed by atoms with Gasteiger partial charge in [0.2, 0.25) is 0 Å². The molecule has 1 aromatic rings. The zero-order valence-corrected chi connectivity index (χ0v) is 9.21. The summed E-state index contributed by atoms with van der Waals surface area (Å²) in [5.41, 5.74) is -0.124. The van der Waals surface area contributed by atoms with E-state index in [1.165, 1.54) is 0 Å². The van der Waals surface area contributed by atoms with Crippen LogP contribution < -0.4 is 5.56 Å². The first-order valence-corrected chi connectivity index (χ1v) is 5.39. The largest absolute Gasteiger partial charge is 0.381 e. The van der Waals surface area contributed by atoms with Crippen molar-refractivity contribution in [2.75, 3.05) is 13.2 Å². The molecule has 1 aliphatic rings. The van der Waals surface area contributed by atoms with E-state index >= 15 is 0 Å². The molecule has 0 spiro atoms. The monoisotopic (exact) mass is 258 g/mol. The zero-order chi connectivity index (χ0) is 9.97. The van der Waals surface area contributed by atoms with Gasteiger partial charge in [-0.15, -0.1) is 0 Å². The Morgan fingerprint density at radius 1 is 1.64 bits per heavy atom. The number of nitrogens with zero attached hydrogens (tertiary/aromatic N) is 1. The molecule has 1 atom stereocenters. The lowest BCUT2D eigenvalue weighted by atomic mass is 10.0. The fourth-order valence-electron chi connectivity index (χ4n) is 1.56. The first-order valence-electron chi connectivity index (χ1n) is 4.60. The predicted octanol–water partition coefficient (Wildman–Crippen LogP) is 1.43. The molecule has 1 aliphatic heterocycles. The first kappa shape index (κ1) is 9.86. The van der Waals surface area contributed by atoms with Gasteiger partial charge in [0.25, 0.3) is 5.56 Å². The van der Waals surface area contributed by atoms with Crippen LogP contribution in [-0.4, -0.2) is 23.2 Å². The molecular formula is C9H11BrN2O2. The van der Waals surface area contributed by atoms with Crippen LogP contribution in [0.3, 0.4) is 0 Å². The molecule has 0 bridgehead atoms. The van der Waals surface area contributed by atoms with Gasteiger partial charge in [-0.05, 0) is 28.8 Å². The lowest BCUT2D eigenvalue weighted by Crippen LogP contribution is -2.21. The van der Waals surface area contributed by atoms with Crippen molar-refractivity contribution in [3.63, 3.8) is 0 Å². The number of rotatable bonds is 1. The minimum absolute atomic E-state index is 0.124. The van der Waals surface area contributed by atoms with E-state index < -0.39 is 0 Å². The quantitative estimate of drug-likeness (QED) is 0.829. The van der Waals surface area contributed by atoms with Crippen LogP contribution in [0.25, 0.3) is 0 Å². The molecule has 2 rings (SSSR count). The van der Waals surface area contributed by atoms with E-state index in [-0.39, 0.29) is 11.5 Å². The summed E-state index contributed by atoms with van der Waals surface area (Å²) in [5.74, 6) is 0.974. The van der Waals surface area contributed by atoms with E-state index in [2.05, 4.69) is 25.9 Å². The summed E-state index contributed by atoms with van der Waals surface area (Å²) in [6.07, 6.45) is 3.61. The molecular weight excluding hydrogens is 248 g/mol. The van der Waals surface area contributed by atoms with Crippen molar-refractivity contribution in [3.05, 3.63) is 26.8 Å². The van der Waals surface area contributed by atoms with Gasteiger partial charge < -0.3 is 9.72 Å². The number of hydrogen-bond donors (Lipinski definition) is 1. The fourth-order valence-corrected chi connectivity index (χ4v) is 1.76. The van der Waals surface area contributed by atoms with E-state index in [0.717, 1.165) is 25.3 Å². The number of ether oxygens (including phenoxy) is 1. The van der Waals surface area contributed by atoms with Crippen molar-refractivity contribution >= 4 is 15.9 Å². The average Bonchev–Trinajstić information content (AvgIpc) is 2.23. The van der Waals surface area contributed by atoms with E-state index in [9.17, 15) is 4.79 Å². The summed E-state index contributed by atoms with van der Waals surface area (Å²) in [4.78, 5) is 18.2. The Bertz CT molecular complexity index is 371. The number of aromatic amines is 1. The highest BCUT2D eigenvalue weighted by molar-refractivity contribution is 9.10. The van der Waals surface area contributed by atoms with E-state index in [4.69, 9.17) is 4.74 Å². The lowest BCUT2D eigenvalue weighted by molar-refractivity contribution is 0.0779. The Morgan fingerprint density at radius 2 is 2.50 bits per heavy atom. The first-order chi connectivity index (χ1) is 6.77. The summed E-state index contributed by atoms with van der Waals surface area (Å²) in [5, 5.41) is 0. The minimum Gasteiger partial charge on any atom is -0.381 e. The highest BCUT2D eigenvalue weighted by Crippen LogP contribution is 2.21. The van der Waals surface area contributed by atoms with Crippen LogP contribution >= 0.6 is 15.9 Å². The van der Waals surface area contributed by atoms with Crippen LogP contribution in [0.5, 0.6) is 0 Å². The Balaban J connectivity index is 2.23. The van der Waals surface area contributed by atoms with E-state index in [0.29, 0.717) is 11.1 Å². The molecule has 1 fully saturated rings.